The molecule has 1 aromatic heterocycles. The molecule has 4 aromatic rings. The van der Waals surface area contributed by atoms with E-state index in [0.717, 1.165) is 39.4 Å². The molecule has 36 heavy (non-hydrogen) atoms. The molecule has 0 spiro atoms. The van der Waals surface area contributed by atoms with Gasteiger partial charge in [0.25, 0.3) is 0 Å². The van der Waals surface area contributed by atoms with Crippen LogP contribution in [-0.2, 0) is 11.3 Å². The van der Waals surface area contributed by atoms with E-state index in [1.54, 1.807) is 12.0 Å². The molecule has 1 N–H and O–H groups in total. The van der Waals surface area contributed by atoms with Crippen molar-refractivity contribution in [3.05, 3.63) is 83.7 Å². The molecule has 5 rings (SSSR count). The monoisotopic (exact) mass is 485 g/mol. The van der Waals surface area contributed by atoms with Gasteiger partial charge in [0.2, 0.25) is 5.91 Å². The molecule has 0 bridgehead atoms. The molecular weight excluding hydrogens is 454 g/mol. The lowest BCUT2D eigenvalue weighted by Gasteiger charge is -2.19. The molecule has 1 amide bonds. The van der Waals surface area contributed by atoms with Crippen molar-refractivity contribution in [2.24, 2.45) is 0 Å². The van der Waals surface area contributed by atoms with Crippen LogP contribution < -0.4 is 14.4 Å². The van der Waals surface area contributed by atoms with Gasteiger partial charge in [0, 0.05) is 30.6 Å². The van der Waals surface area contributed by atoms with Gasteiger partial charge in [-0.15, -0.1) is 0 Å². The molecule has 1 saturated heterocycles. The first kappa shape index (κ1) is 23.9. The van der Waals surface area contributed by atoms with Crippen LogP contribution in [0.25, 0.3) is 11.0 Å². The molecule has 0 radical (unpaired) electrons. The number of fused-ring (bicyclic) bond motifs is 1. The summed E-state index contributed by atoms with van der Waals surface area (Å²) in [5, 5.41) is 10.9. The zero-order valence-electron chi connectivity index (χ0n) is 20.8. The van der Waals surface area contributed by atoms with Crippen LogP contribution in [-0.4, -0.2) is 46.9 Å². The summed E-state index contributed by atoms with van der Waals surface area (Å²) in [6, 6.07) is 21.4. The Morgan fingerprint density at radius 3 is 2.58 bits per heavy atom. The third-order valence-corrected chi connectivity index (χ3v) is 6.57. The molecule has 1 aliphatic rings. The standard InChI is InChI=1S/C29H31N3O4/c1-19-11-20(2)13-25(12-19)36-18-23(33)17-32-27-10-5-4-9-26(27)30-29(32)21-14-28(34)31(16-21)22-7-6-8-24(15-22)35-3/h4-13,15,21,23,33H,14,16-18H2,1-3H3/t21-,23+/m0/s1. The second-order valence-corrected chi connectivity index (χ2v) is 9.46. The molecule has 0 aliphatic carbocycles. The lowest BCUT2D eigenvalue weighted by atomic mass is 10.1. The molecule has 1 fully saturated rings. The molecule has 186 valence electrons. The number of benzene rings is 3. The number of aliphatic hydroxyl groups is 1. The van der Waals surface area contributed by atoms with Crippen LogP contribution in [0.2, 0.25) is 0 Å². The number of aliphatic hydroxyl groups excluding tert-OH is 1. The molecule has 2 heterocycles. The van der Waals surface area contributed by atoms with Gasteiger partial charge in [-0.2, -0.15) is 0 Å². The Balaban J connectivity index is 1.38. The van der Waals surface area contributed by atoms with E-state index in [2.05, 4.69) is 6.07 Å². The predicted octanol–water partition coefficient (Wildman–Crippen LogP) is 4.62. The first-order chi connectivity index (χ1) is 17.4. The Hall–Kier alpha value is -3.84. The van der Waals surface area contributed by atoms with Crippen molar-refractivity contribution in [1.82, 2.24) is 9.55 Å². The van der Waals surface area contributed by atoms with Crippen LogP contribution >= 0.6 is 0 Å². The second-order valence-electron chi connectivity index (χ2n) is 9.46. The number of methoxy groups -OCH3 is 1. The number of aromatic nitrogens is 2. The lowest BCUT2D eigenvalue weighted by molar-refractivity contribution is -0.117. The van der Waals surface area contributed by atoms with Crippen molar-refractivity contribution in [2.45, 2.75) is 38.8 Å². The van der Waals surface area contributed by atoms with Crippen molar-refractivity contribution in [3.8, 4) is 11.5 Å². The highest BCUT2D eigenvalue weighted by molar-refractivity contribution is 5.96. The Morgan fingerprint density at radius 2 is 1.81 bits per heavy atom. The summed E-state index contributed by atoms with van der Waals surface area (Å²) in [6.45, 7) is 5.05. The summed E-state index contributed by atoms with van der Waals surface area (Å²) < 4.78 is 13.3. The molecule has 1 aliphatic heterocycles. The lowest BCUT2D eigenvalue weighted by Crippen LogP contribution is -2.26. The van der Waals surface area contributed by atoms with Crippen LogP contribution in [0, 0.1) is 13.8 Å². The molecule has 7 nitrogen and oxygen atoms in total. The minimum atomic E-state index is -0.742. The third-order valence-electron chi connectivity index (χ3n) is 6.57. The second kappa shape index (κ2) is 10.0. The van der Waals surface area contributed by atoms with Gasteiger partial charge in [-0.3, -0.25) is 4.79 Å². The average molecular weight is 486 g/mol. The number of anilines is 1. The normalized spacial score (nSPS) is 16.5. The number of aryl methyl sites for hydroxylation is 2. The van der Waals surface area contributed by atoms with Crippen LogP contribution in [0.4, 0.5) is 5.69 Å². The highest BCUT2D eigenvalue weighted by Crippen LogP contribution is 2.34. The number of carbonyl (C=O) groups excluding carboxylic acids is 1. The van der Waals surface area contributed by atoms with Gasteiger partial charge in [0.1, 0.15) is 30.0 Å². The van der Waals surface area contributed by atoms with Gasteiger partial charge in [-0.25, -0.2) is 4.98 Å². The van der Waals surface area contributed by atoms with Crippen molar-refractivity contribution in [3.63, 3.8) is 0 Å². The summed E-state index contributed by atoms with van der Waals surface area (Å²) in [6.07, 6.45) is -0.385. The fourth-order valence-corrected chi connectivity index (χ4v) is 4.98. The summed E-state index contributed by atoms with van der Waals surface area (Å²) in [4.78, 5) is 19.7. The van der Waals surface area contributed by atoms with E-state index in [9.17, 15) is 9.90 Å². The van der Waals surface area contributed by atoms with Crippen LogP contribution in [0.15, 0.2) is 66.7 Å². The van der Waals surface area contributed by atoms with E-state index in [-0.39, 0.29) is 18.4 Å². The Labute approximate surface area is 210 Å². The molecular formula is C29H31N3O4. The van der Waals surface area contributed by atoms with E-state index < -0.39 is 6.10 Å². The average Bonchev–Trinajstić information content (AvgIpc) is 3.43. The number of para-hydroxylation sites is 2. The number of ether oxygens (including phenoxy) is 2. The van der Waals surface area contributed by atoms with Gasteiger partial charge in [0.15, 0.2) is 0 Å². The maximum absolute atomic E-state index is 13.0. The zero-order chi connectivity index (χ0) is 25.2. The van der Waals surface area contributed by atoms with Gasteiger partial charge in [0.05, 0.1) is 24.7 Å². The fourth-order valence-electron chi connectivity index (χ4n) is 4.98. The van der Waals surface area contributed by atoms with Crippen LogP contribution in [0.3, 0.4) is 0 Å². The smallest absolute Gasteiger partial charge is 0.227 e. The van der Waals surface area contributed by atoms with E-state index >= 15 is 0 Å². The molecule has 3 aromatic carbocycles. The summed E-state index contributed by atoms with van der Waals surface area (Å²) in [5.74, 6) is 2.22. The largest absolute Gasteiger partial charge is 0.497 e. The van der Waals surface area contributed by atoms with E-state index in [0.29, 0.717) is 25.3 Å². The van der Waals surface area contributed by atoms with Crippen LogP contribution in [0.5, 0.6) is 11.5 Å². The number of amides is 1. The Bertz CT molecular complexity index is 1380. The zero-order valence-corrected chi connectivity index (χ0v) is 20.8. The minimum absolute atomic E-state index is 0.0468. The number of rotatable bonds is 8. The molecule has 0 saturated carbocycles. The highest BCUT2D eigenvalue weighted by Gasteiger charge is 2.35. The first-order valence-corrected chi connectivity index (χ1v) is 12.2. The summed E-state index contributed by atoms with van der Waals surface area (Å²) >= 11 is 0. The van der Waals surface area contributed by atoms with Crippen molar-refractivity contribution in [1.29, 1.82) is 0 Å². The first-order valence-electron chi connectivity index (χ1n) is 12.2. The summed E-state index contributed by atoms with van der Waals surface area (Å²) in [5.41, 5.74) is 4.83. The van der Waals surface area contributed by atoms with Gasteiger partial charge >= 0.3 is 0 Å². The molecule has 0 unspecified atom stereocenters. The number of hydrogen-bond donors (Lipinski definition) is 1. The molecule has 7 heteroatoms. The number of carbonyl (C=O) groups is 1. The van der Waals surface area contributed by atoms with Crippen LogP contribution in [0.1, 0.15) is 29.3 Å². The Morgan fingerprint density at radius 1 is 1.03 bits per heavy atom. The predicted molar refractivity (Wildman–Crippen MR) is 140 cm³/mol. The van der Waals surface area contributed by atoms with Gasteiger partial charge in [-0.1, -0.05) is 24.3 Å². The van der Waals surface area contributed by atoms with Gasteiger partial charge in [-0.05, 0) is 61.4 Å². The maximum atomic E-state index is 13.0. The van der Waals surface area contributed by atoms with E-state index in [1.807, 2.05) is 79.1 Å². The maximum Gasteiger partial charge on any atom is 0.227 e. The topological polar surface area (TPSA) is 76.8 Å². The fraction of sp³-hybridized carbons (Fsp3) is 0.310. The van der Waals surface area contributed by atoms with E-state index in [4.69, 9.17) is 14.5 Å². The molecule has 2 atom stereocenters. The van der Waals surface area contributed by atoms with Crippen molar-refractivity contribution < 1.29 is 19.4 Å². The van der Waals surface area contributed by atoms with Crippen molar-refractivity contribution in [2.75, 3.05) is 25.2 Å². The number of imidazole rings is 1. The van der Waals surface area contributed by atoms with E-state index in [1.165, 1.54) is 0 Å². The number of hydrogen-bond acceptors (Lipinski definition) is 5. The van der Waals surface area contributed by atoms with Crippen molar-refractivity contribution >= 4 is 22.6 Å². The quantitative estimate of drug-likeness (QED) is 0.394. The number of nitrogens with zero attached hydrogens (tertiary/aromatic N) is 3. The van der Waals surface area contributed by atoms with Gasteiger partial charge < -0.3 is 24.0 Å². The third kappa shape index (κ3) is 4.93. The SMILES string of the molecule is COc1cccc(N2C[C@@H](c3nc4ccccc4n3C[C@@H](O)COc3cc(C)cc(C)c3)CC2=O)c1. The Kier molecular flexibility index (Phi) is 6.65. The summed E-state index contributed by atoms with van der Waals surface area (Å²) in [7, 11) is 1.62. The highest BCUT2D eigenvalue weighted by atomic mass is 16.5. The minimum Gasteiger partial charge on any atom is -0.497 e.